The van der Waals surface area contributed by atoms with E-state index in [1.165, 1.54) is 5.57 Å². The summed E-state index contributed by atoms with van der Waals surface area (Å²) in [6.45, 7) is 3.90. The Bertz CT molecular complexity index is 335. The predicted octanol–water partition coefficient (Wildman–Crippen LogP) is 3.37. The van der Waals surface area contributed by atoms with Crippen LogP contribution in [-0.4, -0.2) is 11.6 Å². The fourth-order valence-electron chi connectivity index (χ4n) is 1.85. The Balaban J connectivity index is 0.000000160. The summed E-state index contributed by atoms with van der Waals surface area (Å²) in [5.74, 6) is 0.630. The van der Waals surface area contributed by atoms with Crippen molar-refractivity contribution in [2.75, 3.05) is 0 Å². The Labute approximate surface area is 97.4 Å². The third-order valence-corrected chi connectivity index (χ3v) is 2.90. The molecule has 0 radical (unpaired) electrons. The monoisotopic (exact) mass is 220 g/mol. The summed E-state index contributed by atoms with van der Waals surface area (Å²) in [7, 11) is 0. The van der Waals surface area contributed by atoms with Crippen LogP contribution in [0.3, 0.4) is 0 Å². The highest BCUT2D eigenvalue weighted by atomic mass is 16.1. The van der Waals surface area contributed by atoms with Crippen LogP contribution >= 0.6 is 0 Å². The number of ketones is 2. The molecule has 2 heteroatoms. The number of carbonyl (C=O) groups is 2. The number of hydrogen-bond acceptors (Lipinski definition) is 2. The van der Waals surface area contributed by atoms with Gasteiger partial charge in [-0.15, -0.1) is 0 Å². The molecule has 2 rings (SSSR count). The standard InChI is InChI=1S/2C7H10O/c1-6-3-2-4-7(8)5-6;1-6-4-2-3-5-7(6)8/h5H,2-4H2,1H3;4H,2-3,5H2,1H3. The van der Waals surface area contributed by atoms with Crippen molar-refractivity contribution in [1.82, 2.24) is 0 Å². The number of rotatable bonds is 0. The van der Waals surface area contributed by atoms with Crippen LogP contribution in [-0.2, 0) is 9.59 Å². The van der Waals surface area contributed by atoms with E-state index in [4.69, 9.17) is 0 Å². The van der Waals surface area contributed by atoms with Gasteiger partial charge in [0.1, 0.15) is 0 Å². The van der Waals surface area contributed by atoms with Gasteiger partial charge in [-0.25, -0.2) is 0 Å². The second kappa shape index (κ2) is 6.41. The first kappa shape index (κ1) is 12.9. The highest BCUT2D eigenvalue weighted by Gasteiger charge is 2.07. The molecule has 2 nitrogen and oxygen atoms in total. The zero-order valence-corrected chi connectivity index (χ0v) is 10.2. The lowest BCUT2D eigenvalue weighted by Gasteiger charge is -2.04. The molecule has 2 aliphatic rings. The van der Waals surface area contributed by atoms with Crippen LogP contribution < -0.4 is 0 Å². The first-order valence-corrected chi connectivity index (χ1v) is 5.99. The van der Waals surface area contributed by atoms with Crippen LogP contribution in [0.25, 0.3) is 0 Å². The van der Waals surface area contributed by atoms with E-state index in [0.29, 0.717) is 11.6 Å². The molecule has 0 amide bonds. The van der Waals surface area contributed by atoms with E-state index in [-0.39, 0.29) is 0 Å². The summed E-state index contributed by atoms with van der Waals surface area (Å²) in [6.07, 6.45) is 9.62. The number of hydrogen-bond donors (Lipinski definition) is 0. The highest BCUT2D eigenvalue weighted by molar-refractivity contribution is 5.95. The normalized spacial score (nSPS) is 20.6. The molecule has 2 aliphatic carbocycles. The first-order chi connectivity index (χ1) is 7.59. The second-order valence-corrected chi connectivity index (χ2v) is 4.51. The molecule has 0 fully saturated rings. The summed E-state index contributed by atoms with van der Waals surface area (Å²) in [5, 5.41) is 0. The largest absolute Gasteiger partial charge is 0.295 e. The maximum Gasteiger partial charge on any atom is 0.158 e. The highest BCUT2D eigenvalue weighted by Crippen LogP contribution is 2.13. The Morgan fingerprint density at radius 3 is 2.12 bits per heavy atom. The van der Waals surface area contributed by atoms with Crippen LogP contribution in [0.2, 0.25) is 0 Å². The molecule has 0 saturated heterocycles. The fourth-order valence-corrected chi connectivity index (χ4v) is 1.85. The molecular formula is C14H20O2. The van der Waals surface area contributed by atoms with E-state index in [9.17, 15) is 9.59 Å². The fraction of sp³-hybridized carbons (Fsp3) is 0.571. The Morgan fingerprint density at radius 2 is 1.75 bits per heavy atom. The number of Topliss-reactive ketones (excluding diaryl/α,β-unsaturated/α-hetero) is 1. The van der Waals surface area contributed by atoms with Crippen molar-refractivity contribution in [2.24, 2.45) is 0 Å². The van der Waals surface area contributed by atoms with Crippen LogP contribution in [0.5, 0.6) is 0 Å². The maximum atomic E-state index is 10.7. The predicted molar refractivity (Wildman–Crippen MR) is 65.2 cm³/mol. The molecule has 16 heavy (non-hydrogen) atoms. The molecule has 88 valence electrons. The molecule has 0 spiro atoms. The Hall–Kier alpha value is -1.18. The van der Waals surface area contributed by atoms with Crippen LogP contribution in [0.1, 0.15) is 52.4 Å². The summed E-state index contributed by atoms with van der Waals surface area (Å²) in [5.41, 5.74) is 2.19. The van der Waals surface area contributed by atoms with E-state index in [2.05, 4.69) is 0 Å². The minimum absolute atomic E-state index is 0.300. The topological polar surface area (TPSA) is 34.1 Å². The third-order valence-electron chi connectivity index (χ3n) is 2.90. The minimum atomic E-state index is 0.300. The number of allylic oxidation sites excluding steroid dienone is 4. The average Bonchev–Trinajstić information content (AvgIpc) is 2.23. The van der Waals surface area contributed by atoms with E-state index < -0.39 is 0 Å². The molecule has 0 aromatic carbocycles. The van der Waals surface area contributed by atoms with Gasteiger partial charge in [-0.05, 0) is 51.2 Å². The summed E-state index contributed by atoms with van der Waals surface area (Å²) in [6, 6.07) is 0. The zero-order chi connectivity index (χ0) is 12.0. The van der Waals surface area contributed by atoms with Crippen molar-refractivity contribution in [2.45, 2.75) is 52.4 Å². The lowest BCUT2D eigenvalue weighted by molar-refractivity contribution is -0.116. The van der Waals surface area contributed by atoms with Crippen LogP contribution in [0.4, 0.5) is 0 Å². The quantitative estimate of drug-likeness (QED) is 0.627. The zero-order valence-electron chi connectivity index (χ0n) is 10.2. The molecule has 0 aliphatic heterocycles. The number of carbonyl (C=O) groups excluding carboxylic acids is 2. The minimum Gasteiger partial charge on any atom is -0.295 e. The summed E-state index contributed by atoms with van der Waals surface area (Å²) >= 11 is 0. The van der Waals surface area contributed by atoms with Crippen molar-refractivity contribution < 1.29 is 9.59 Å². The molecule has 0 atom stereocenters. The van der Waals surface area contributed by atoms with E-state index in [1.54, 1.807) is 6.08 Å². The summed E-state index contributed by atoms with van der Waals surface area (Å²) < 4.78 is 0. The lowest BCUT2D eigenvalue weighted by Crippen LogP contribution is -2.02. The van der Waals surface area contributed by atoms with Gasteiger partial charge in [0.25, 0.3) is 0 Å². The molecule has 0 heterocycles. The molecule has 0 unspecified atom stereocenters. The molecule has 0 saturated carbocycles. The van der Waals surface area contributed by atoms with Gasteiger partial charge in [-0.2, -0.15) is 0 Å². The lowest BCUT2D eigenvalue weighted by atomic mass is 10.00. The van der Waals surface area contributed by atoms with Crippen molar-refractivity contribution in [3.63, 3.8) is 0 Å². The van der Waals surface area contributed by atoms with Gasteiger partial charge < -0.3 is 0 Å². The summed E-state index contributed by atoms with van der Waals surface area (Å²) in [4.78, 5) is 21.3. The van der Waals surface area contributed by atoms with Gasteiger partial charge in [0.05, 0.1) is 0 Å². The molecule has 0 aromatic heterocycles. The van der Waals surface area contributed by atoms with Crippen molar-refractivity contribution in [3.8, 4) is 0 Å². The van der Waals surface area contributed by atoms with Crippen molar-refractivity contribution in [3.05, 3.63) is 23.3 Å². The smallest absolute Gasteiger partial charge is 0.158 e. The van der Waals surface area contributed by atoms with E-state index in [1.807, 2.05) is 19.9 Å². The van der Waals surface area contributed by atoms with E-state index >= 15 is 0 Å². The first-order valence-electron chi connectivity index (χ1n) is 5.99. The van der Waals surface area contributed by atoms with Crippen molar-refractivity contribution >= 4 is 11.6 Å². The Morgan fingerprint density at radius 1 is 1.00 bits per heavy atom. The molecular weight excluding hydrogens is 200 g/mol. The van der Waals surface area contributed by atoms with Gasteiger partial charge in [-0.1, -0.05) is 11.6 Å². The van der Waals surface area contributed by atoms with Crippen LogP contribution in [0.15, 0.2) is 23.3 Å². The average molecular weight is 220 g/mol. The SMILES string of the molecule is CC1=CC(=O)CCC1.CC1=CCCCC1=O. The van der Waals surface area contributed by atoms with Gasteiger partial charge in [0.2, 0.25) is 0 Å². The van der Waals surface area contributed by atoms with Crippen LogP contribution in [0, 0.1) is 0 Å². The van der Waals surface area contributed by atoms with Gasteiger partial charge in [0, 0.05) is 12.8 Å². The van der Waals surface area contributed by atoms with Gasteiger partial charge >= 0.3 is 0 Å². The molecule has 0 aromatic rings. The molecule has 0 bridgehead atoms. The van der Waals surface area contributed by atoms with E-state index in [0.717, 1.165) is 44.1 Å². The van der Waals surface area contributed by atoms with Gasteiger partial charge in [0.15, 0.2) is 11.6 Å². The third kappa shape index (κ3) is 4.56. The van der Waals surface area contributed by atoms with Crippen molar-refractivity contribution in [1.29, 1.82) is 0 Å². The maximum absolute atomic E-state index is 10.7. The van der Waals surface area contributed by atoms with Gasteiger partial charge in [-0.3, -0.25) is 9.59 Å². The Kier molecular flexibility index (Phi) is 5.17. The molecule has 0 N–H and O–H groups in total. The second-order valence-electron chi connectivity index (χ2n) is 4.51.